The van der Waals surface area contributed by atoms with Crippen molar-refractivity contribution in [1.82, 2.24) is 4.90 Å². The van der Waals surface area contributed by atoms with E-state index in [9.17, 15) is 4.79 Å². The van der Waals surface area contributed by atoms with Gasteiger partial charge in [-0.2, -0.15) is 11.8 Å². The van der Waals surface area contributed by atoms with Crippen LogP contribution >= 0.6 is 27.7 Å². The number of carbonyl (C=O) groups excluding carboxylic acids is 1. The first-order chi connectivity index (χ1) is 8.18. The second-order valence-electron chi connectivity index (χ2n) is 4.22. The Bertz CT molecular complexity index is 414. The Kier molecular flexibility index (Phi) is 4.51. The SMILES string of the molecule is Cc1cc(C(=O)N2CCCSCC2)ccc1Br. The average molecular weight is 314 g/mol. The number of nitrogens with zero attached hydrogens (tertiary/aromatic N) is 1. The van der Waals surface area contributed by atoms with Gasteiger partial charge in [-0.3, -0.25) is 4.79 Å². The number of carbonyl (C=O) groups is 1. The molecule has 1 aromatic rings. The van der Waals surface area contributed by atoms with Crippen molar-refractivity contribution < 1.29 is 4.79 Å². The molecule has 0 radical (unpaired) electrons. The largest absolute Gasteiger partial charge is 0.338 e. The van der Waals surface area contributed by atoms with Gasteiger partial charge in [0.05, 0.1) is 0 Å². The van der Waals surface area contributed by atoms with Gasteiger partial charge in [-0.25, -0.2) is 0 Å². The Hall–Kier alpha value is -0.480. The molecule has 0 atom stereocenters. The van der Waals surface area contributed by atoms with E-state index in [0.29, 0.717) is 0 Å². The summed E-state index contributed by atoms with van der Waals surface area (Å²) in [4.78, 5) is 14.3. The number of hydrogen-bond donors (Lipinski definition) is 0. The smallest absolute Gasteiger partial charge is 0.253 e. The molecule has 1 amide bonds. The number of benzene rings is 1. The van der Waals surface area contributed by atoms with Crippen molar-refractivity contribution in [3.8, 4) is 0 Å². The summed E-state index contributed by atoms with van der Waals surface area (Å²) in [7, 11) is 0. The number of amides is 1. The van der Waals surface area contributed by atoms with Crippen LogP contribution in [0.25, 0.3) is 0 Å². The average Bonchev–Trinajstić information content (AvgIpc) is 2.60. The molecule has 0 unspecified atom stereocenters. The third kappa shape index (κ3) is 3.26. The second-order valence-corrected chi connectivity index (χ2v) is 6.30. The zero-order valence-corrected chi connectivity index (χ0v) is 12.3. The first-order valence-corrected chi connectivity index (χ1v) is 7.76. The van der Waals surface area contributed by atoms with Crippen molar-refractivity contribution in [3.63, 3.8) is 0 Å². The van der Waals surface area contributed by atoms with Crippen molar-refractivity contribution in [2.45, 2.75) is 13.3 Å². The minimum Gasteiger partial charge on any atom is -0.338 e. The second kappa shape index (κ2) is 5.91. The van der Waals surface area contributed by atoms with Crippen molar-refractivity contribution in [2.24, 2.45) is 0 Å². The summed E-state index contributed by atoms with van der Waals surface area (Å²) in [6.45, 7) is 3.78. The lowest BCUT2D eigenvalue weighted by Crippen LogP contribution is -2.32. The highest BCUT2D eigenvalue weighted by molar-refractivity contribution is 9.10. The Morgan fingerprint density at radius 1 is 1.35 bits per heavy atom. The normalized spacial score (nSPS) is 16.7. The van der Waals surface area contributed by atoms with Crippen LogP contribution in [0.2, 0.25) is 0 Å². The van der Waals surface area contributed by atoms with Crippen LogP contribution < -0.4 is 0 Å². The van der Waals surface area contributed by atoms with Crippen molar-refractivity contribution in [1.29, 1.82) is 0 Å². The fourth-order valence-electron chi connectivity index (χ4n) is 1.91. The van der Waals surface area contributed by atoms with Crippen molar-refractivity contribution in [2.75, 3.05) is 24.6 Å². The number of thioether (sulfide) groups is 1. The zero-order chi connectivity index (χ0) is 12.3. The van der Waals surface area contributed by atoms with E-state index in [0.717, 1.165) is 40.9 Å². The molecule has 2 nitrogen and oxygen atoms in total. The van der Waals surface area contributed by atoms with Gasteiger partial charge < -0.3 is 4.90 Å². The van der Waals surface area contributed by atoms with E-state index in [1.807, 2.05) is 41.8 Å². The van der Waals surface area contributed by atoms with Crippen LogP contribution in [0.3, 0.4) is 0 Å². The highest BCUT2D eigenvalue weighted by Crippen LogP contribution is 2.19. The summed E-state index contributed by atoms with van der Waals surface area (Å²) in [5, 5.41) is 0. The van der Waals surface area contributed by atoms with Gasteiger partial charge in [0.15, 0.2) is 0 Å². The van der Waals surface area contributed by atoms with E-state index in [2.05, 4.69) is 15.9 Å². The molecular weight excluding hydrogens is 298 g/mol. The number of hydrogen-bond acceptors (Lipinski definition) is 2. The Labute approximate surface area is 115 Å². The van der Waals surface area contributed by atoms with Gasteiger partial charge in [0.25, 0.3) is 5.91 Å². The quantitative estimate of drug-likeness (QED) is 0.792. The van der Waals surface area contributed by atoms with E-state index < -0.39 is 0 Å². The maximum atomic E-state index is 12.3. The molecule has 1 aliphatic heterocycles. The number of halogens is 1. The Balaban J connectivity index is 2.14. The molecule has 17 heavy (non-hydrogen) atoms. The Morgan fingerprint density at radius 2 is 2.18 bits per heavy atom. The monoisotopic (exact) mass is 313 g/mol. The van der Waals surface area contributed by atoms with E-state index in [1.165, 1.54) is 5.75 Å². The van der Waals surface area contributed by atoms with Crippen LogP contribution in [0.5, 0.6) is 0 Å². The molecule has 0 bridgehead atoms. The summed E-state index contributed by atoms with van der Waals surface area (Å²) in [5.41, 5.74) is 1.91. The van der Waals surface area contributed by atoms with Crippen LogP contribution in [-0.2, 0) is 0 Å². The minimum absolute atomic E-state index is 0.170. The van der Waals surface area contributed by atoms with Crippen LogP contribution in [0.1, 0.15) is 22.3 Å². The summed E-state index contributed by atoms with van der Waals surface area (Å²) in [6, 6.07) is 5.82. The van der Waals surface area contributed by atoms with Gasteiger partial charge in [-0.05, 0) is 42.9 Å². The number of rotatable bonds is 1. The first kappa shape index (κ1) is 13.0. The molecule has 0 saturated carbocycles. The standard InChI is InChI=1S/C13H16BrNOS/c1-10-9-11(3-4-12(10)14)13(16)15-5-2-7-17-8-6-15/h3-4,9H,2,5-8H2,1H3. The minimum atomic E-state index is 0.170. The fourth-order valence-corrected chi connectivity index (χ4v) is 3.04. The molecule has 0 spiro atoms. The topological polar surface area (TPSA) is 20.3 Å². The van der Waals surface area contributed by atoms with Gasteiger partial charge >= 0.3 is 0 Å². The maximum Gasteiger partial charge on any atom is 0.253 e. The highest BCUT2D eigenvalue weighted by atomic mass is 79.9. The third-order valence-corrected chi connectivity index (χ3v) is 4.85. The van der Waals surface area contributed by atoms with Crippen LogP contribution in [0.4, 0.5) is 0 Å². The molecule has 1 aromatic carbocycles. The predicted octanol–water partition coefficient (Wildman–Crippen LogP) is 3.34. The molecule has 92 valence electrons. The van der Waals surface area contributed by atoms with Crippen LogP contribution in [0, 0.1) is 6.92 Å². The van der Waals surface area contributed by atoms with Crippen LogP contribution in [-0.4, -0.2) is 35.4 Å². The van der Waals surface area contributed by atoms with Crippen molar-refractivity contribution in [3.05, 3.63) is 33.8 Å². The lowest BCUT2D eigenvalue weighted by atomic mass is 10.1. The lowest BCUT2D eigenvalue weighted by Gasteiger charge is -2.20. The summed E-state index contributed by atoms with van der Waals surface area (Å²) >= 11 is 5.40. The van der Waals surface area contributed by atoms with E-state index in [1.54, 1.807) is 0 Å². The fraction of sp³-hybridized carbons (Fsp3) is 0.462. The van der Waals surface area contributed by atoms with Gasteiger partial charge in [0.1, 0.15) is 0 Å². The molecule has 1 heterocycles. The Morgan fingerprint density at radius 3 is 2.94 bits per heavy atom. The van der Waals surface area contributed by atoms with Crippen LogP contribution in [0.15, 0.2) is 22.7 Å². The molecule has 4 heteroatoms. The van der Waals surface area contributed by atoms with Gasteiger partial charge in [-0.15, -0.1) is 0 Å². The van der Waals surface area contributed by atoms with Gasteiger partial charge in [0, 0.05) is 28.9 Å². The highest BCUT2D eigenvalue weighted by Gasteiger charge is 2.17. The van der Waals surface area contributed by atoms with Gasteiger partial charge in [0.2, 0.25) is 0 Å². The molecule has 0 aromatic heterocycles. The maximum absolute atomic E-state index is 12.3. The predicted molar refractivity (Wildman–Crippen MR) is 76.7 cm³/mol. The first-order valence-electron chi connectivity index (χ1n) is 5.81. The summed E-state index contributed by atoms with van der Waals surface area (Å²) < 4.78 is 1.06. The molecule has 0 aliphatic carbocycles. The lowest BCUT2D eigenvalue weighted by molar-refractivity contribution is 0.0768. The molecular formula is C13H16BrNOS. The van der Waals surface area contributed by atoms with E-state index in [-0.39, 0.29) is 5.91 Å². The molecule has 1 fully saturated rings. The third-order valence-electron chi connectivity index (χ3n) is 2.91. The zero-order valence-electron chi connectivity index (χ0n) is 9.91. The summed E-state index contributed by atoms with van der Waals surface area (Å²) in [6.07, 6.45) is 1.10. The molecule has 2 rings (SSSR count). The molecule has 1 aliphatic rings. The van der Waals surface area contributed by atoms with Gasteiger partial charge in [-0.1, -0.05) is 15.9 Å². The number of aryl methyl sites for hydroxylation is 1. The molecule has 1 saturated heterocycles. The summed E-state index contributed by atoms with van der Waals surface area (Å²) in [5.74, 6) is 2.40. The molecule has 0 N–H and O–H groups in total. The van der Waals surface area contributed by atoms with Crippen molar-refractivity contribution >= 4 is 33.6 Å². The van der Waals surface area contributed by atoms with E-state index >= 15 is 0 Å². The van der Waals surface area contributed by atoms with E-state index in [4.69, 9.17) is 0 Å².